The number of benzene rings is 1. The van der Waals surface area contributed by atoms with Gasteiger partial charge in [-0.05, 0) is 29.8 Å². The van der Waals surface area contributed by atoms with Gasteiger partial charge in [0.25, 0.3) is 5.56 Å². The molecule has 0 aliphatic carbocycles. The lowest BCUT2D eigenvalue weighted by molar-refractivity contribution is -0.139. The number of nitrogens with zero attached hydrogens (tertiary/aromatic N) is 2. The average molecular weight is 411 g/mol. The molecular formula is C18H13F4N3O2S. The number of anilines is 1. The van der Waals surface area contributed by atoms with Crippen molar-refractivity contribution in [2.45, 2.75) is 19.1 Å². The Morgan fingerprint density at radius 1 is 1.21 bits per heavy atom. The van der Waals surface area contributed by atoms with Gasteiger partial charge in [-0.3, -0.25) is 9.59 Å². The Labute approximate surface area is 160 Å². The van der Waals surface area contributed by atoms with Crippen molar-refractivity contribution in [3.05, 3.63) is 81.0 Å². The molecule has 0 atom stereocenters. The van der Waals surface area contributed by atoms with Crippen molar-refractivity contribution in [3.63, 3.8) is 0 Å². The van der Waals surface area contributed by atoms with Crippen LogP contribution in [0.3, 0.4) is 0 Å². The van der Waals surface area contributed by atoms with E-state index in [0.29, 0.717) is 17.1 Å². The van der Waals surface area contributed by atoms with Gasteiger partial charge in [0, 0.05) is 23.7 Å². The Bertz CT molecular complexity index is 1060. The summed E-state index contributed by atoms with van der Waals surface area (Å²) in [5.74, 6) is -1.05. The fraction of sp³-hybridized carbons (Fsp3) is 0.167. The van der Waals surface area contributed by atoms with E-state index in [-0.39, 0.29) is 10.9 Å². The molecule has 0 bridgehead atoms. The van der Waals surface area contributed by atoms with Crippen LogP contribution < -0.4 is 10.9 Å². The number of carbonyl (C=O) groups is 1. The van der Waals surface area contributed by atoms with E-state index in [1.165, 1.54) is 18.3 Å². The number of thiazole rings is 1. The van der Waals surface area contributed by atoms with Crippen LogP contribution in [0.25, 0.3) is 0 Å². The van der Waals surface area contributed by atoms with Crippen LogP contribution in [0.2, 0.25) is 0 Å². The maximum atomic E-state index is 13.2. The standard InChI is InChI=1S/C18H13F4N3O2S/c19-12-4-1-3-11(7-12)8-13-9-23-17(28-13)24-15(26)10-25-6-2-5-14(16(25)27)18(20,21)22/h1-7,9H,8,10H2,(H,23,24,26). The number of carbonyl (C=O) groups excluding carboxylic acids is 1. The number of halogens is 4. The summed E-state index contributed by atoms with van der Waals surface area (Å²) in [6, 6.07) is 7.77. The molecule has 0 saturated heterocycles. The second-order valence-electron chi connectivity index (χ2n) is 5.84. The predicted octanol–water partition coefficient (Wildman–Crippen LogP) is 3.69. The van der Waals surface area contributed by atoms with Crippen LogP contribution >= 0.6 is 11.3 Å². The van der Waals surface area contributed by atoms with Crippen molar-refractivity contribution in [1.29, 1.82) is 0 Å². The van der Waals surface area contributed by atoms with E-state index in [1.807, 2.05) is 0 Å². The second-order valence-corrected chi connectivity index (χ2v) is 6.95. The lowest BCUT2D eigenvalue weighted by atomic mass is 10.1. The quantitative estimate of drug-likeness (QED) is 0.652. The van der Waals surface area contributed by atoms with Gasteiger partial charge in [0.1, 0.15) is 17.9 Å². The molecule has 28 heavy (non-hydrogen) atoms. The molecular weight excluding hydrogens is 398 g/mol. The van der Waals surface area contributed by atoms with Crippen molar-refractivity contribution in [1.82, 2.24) is 9.55 Å². The van der Waals surface area contributed by atoms with E-state index in [0.717, 1.165) is 34.0 Å². The number of hydrogen-bond donors (Lipinski definition) is 1. The van der Waals surface area contributed by atoms with Crippen LogP contribution in [-0.2, 0) is 23.9 Å². The first kappa shape index (κ1) is 19.7. The SMILES string of the molecule is O=C(Cn1cccc(C(F)(F)F)c1=O)Nc1ncc(Cc2cccc(F)c2)s1. The maximum absolute atomic E-state index is 13.2. The number of rotatable bonds is 5. The fourth-order valence-electron chi connectivity index (χ4n) is 2.49. The molecule has 0 saturated carbocycles. The number of aromatic nitrogens is 2. The maximum Gasteiger partial charge on any atom is 0.421 e. The molecule has 0 aliphatic rings. The first-order valence-electron chi connectivity index (χ1n) is 7.98. The Morgan fingerprint density at radius 2 is 2.00 bits per heavy atom. The van der Waals surface area contributed by atoms with E-state index < -0.39 is 29.8 Å². The second kappa shape index (κ2) is 7.93. The number of amides is 1. The third kappa shape index (κ3) is 4.83. The Balaban J connectivity index is 1.66. The van der Waals surface area contributed by atoms with Crippen molar-refractivity contribution < 1.29 is 22.4 Å². The summed E-state index contributed by atoms with van der Waals surface area (Å²) in [7, 11) is 0. The van der Waals surface area contributed by atoms with Crippen molar-refractivity contribution >= 4 is 22.4 Å². The van der Waals surface area contributed by atoms with E-state index in [1.54, 1.807) is 12.1 Å². The van der Waals surface area contributed by atoms with Crippen LogP contribution in [-0.4, -0.2) is 15.5 Å². The highest BCUT2D eigenvalue weighted by molar-refractivity contribution is 7.15. The van der Waals surface area contributed by atoms with Gasteiger partial charge in [0.2, 0.25) is 5.91 Å². The lowest BCUT2D eigenvalue weighted by Crippen LogP contribution is -2.31. The molecule has 10 heteroatoms. The van der Waals surface area contributed by atoms with Crippen molar-refractivity contribution in [2.24, 2.45) is 0 Å². The molecule has 0 unspecified atom stereocenters. The summed E-state index contributed by atoms with van der Waals surface area (Å²) in [4.78, 5) is 28.7. The summed E-state index contributed by atoms with van der Waals surface area (Å²) < 4.78 is 52.2. The van der Waals surface area contributed by atoms with E-state index in [9.17, 15) is 27.2 Å². The van der Waals surface area contributed by atoms with E-state index >= 15 is 0 Å². The molecule has 1 aromatic carbocycles. The molecule has 3 aromatic rings. The third-order valence-electron chi connectivity index (χ3n) is 3.71. The summed E-state index contributed by atoms with van der Waals surface area (Å²) in [5.41, 5.74) is -1.90. The minimum absolute atomic E-state index is 0.233. The highest BCUT2D eigenvalue weighted by Gasteiger charge is 2.34. The molecule has 2 aromatic heterocycles. The Kier molecular flexibility index (Phi) is 5.59. The summed E-state index contributed by atoms with van der Waals surface area (Å²) in [6.45, 7) is -0.582. The number of nitrogens with one attached hydrogen (secondary N) is 1. The Hall–Kier alpha value is -3.01. The predicted molar refractivity (Wildman–Crippen MR) is 95.7 cm³/mol. The van der Waals surface area contributed by atoms with Crippen LogP contribution in [0, 0.1) is 5.82 Å². The van der Waals surface area contributed by atoms with Gasteiger partial charge < -0.3 is 9.88 Å². The van der Waals surface area contributed by atoms with Crippen LogP contribution in [0.15, 0.2) is 53.6 Å². The molecule has 0 radical (unpaired) electrons. The molecule has 5 nitrogen and oxygen atoms in total. The zero-order valence-electron chi connectivity index (χ0n) is 14.2. The lowest BCUT2D eigenvalue weighted by Gasteiger charge is -2.09. The minimum atomic E-state index is -4.79. The highest BCUT2D eigenvalue weighted by atomic mass is 32.1. The van der Waals surface area contributed by atoms with Gasteiger partial charge in [-0.1, -0.05) is 12.1 Å². The van der Waals surface area contributed by atoms with Crippen LogP contribution in [0.4, 0.5) is 22.7 Å². The van der Waals surface area contributed by atoms with Gasteiger partial charge in [-0.15, -0.1) is 11.3 Å². The first-order valence-corrected chi connectivity index (χ1v) is 8.79. The largest absolute Gasteiger partial charge is 0.421 e. The van der Waals surface area contributed by atoms with E-state index in [4.69, 9.17) is 0 Å². The number of pyridine rings is 1. The summed E-state index contributed by atoms with van der Waals surface area (Å²) in [6.07, 6.45) is -1.76. The van der Waals surface area contributed by atoms with E-state index in [2.05, 4.69) is 10.3 Å². The molecule has 146 valence electrons. The third-order valence-corrected chi connectivity index (χ3v) is 4.62. The number of alkyl halides is 3. The average Bonchev–Trinajstić information content (AvgIpc) is 3.02. The molecule has 3 rings (SSSR count). The monoisotopic (exact) mass is 411 g/mol. The molecule has 1 amide bonds. The van der Waals surface area contributed by atoms with Gasteiger partial charge in [0.15, 0.2) is 5.13 Å². The summed E-state index contributed by atoms with van der Waals surface area (Å²) >= 11 is 1.15. The summed E-state index contributed by atoms with van der Waals surface area (Å²) in [5, 5.41) is 2.68. The molecule has 0 spiro atoms. The zero-order valence-corrected chi connectivity index (χ0v) is 15.0. The first-order chi connectivity index (χ1) is 13.2. The van der Waals surface area contributed by atoms with Gasteiger partial charge in [-0.25, -0.2) is 9.37 Å². The van der Waals surface area contributed by atoms with Crippen molar-refractivity contribution in [2.75, 3.05) is 5.32 Å². The molecule has 2 heterocycles. The highest BCUT2D eigenvalue weighted by Crippen LogP contribution is 2.26. The molecule has 0 fully saturated rings. The smallest absolute Gasteiger partial charge is 0.306 e. The Morgan fingerprint density at radius 3 is 2.71 bits per heavy atom. The normalized spacial score (nSPS) is 11.4. The molecule has 1 N–H and O–H groups in total. The van der Waals surface area contributed by atoms with Crippen LogP contribution in [0.1, 0.15) is 16.0 Å². The van der Waals surface area contributed by atoms with Crippen molar-refractivity contribution in [3.8, 4) is 0 Å². The van der Waals surface area contributed by atoms with Gasteiger partial charge in [0.05, 0.1) is 0 Å². The number of hydrogen-bond acceptors (Lipinski definition) is 4. The topological polar surface area (TPSA) is 64.0 Å². The zero-order chi connectivity index (χ0) is 20.3. The van der Waals surface area contributed by atoms with Gasteiger partial charge >= 0.3 is 6.18 Å². The van der Waals surface area contributed by atoms with Crippen LogP contribution in [0.5, 0.6) is 0 Å². The fourth-order valence-corrected chi connectivity index (χ4v) is 3.35. The van der Waals surface area contributed by atoms with Gasteiger partial charge in [-0.2, -0.15) is 13.2 Å². The molecule has 0 aliphatic heterocycles. The minimum Gasteiger partial charge on any atom is -0.306 e.